The van der Waals surface area contributed by atoms with Crippen LogP contribution in [0, 0.1) is 0 Å². The molecular formula is C13H8Cl4O. The predicted molar refractivity (Wildman–Crippen MR) is 77.0 cm³/mol. The van der Waals surface area contributed by atoms with Crippen molar-refractivity contribution in [3.05, 3.63) is 67.6 Å². The Balaban J connectivity index is 2.50. The molecule has 2 aromatic rings. The van der Waals surface area contributed by atoms with E-state index in [-0.39, 0.29) is 0 Å². The number of hydrogen-bond donors (Lipinski definition) is 1. The van der Waals surface area contributed by atoms with Crippen molar-refractivity contribution in [2.75, 3.05) is 0 Å². The highest BCUT2D eigenvalue weighted by Crippen LogP contribution is 2.34. The Morgan fingerprint density at radius 2 is 1.11 bits per heavy atom. The van der Waals surface area contributed by atoms with E-state index in [4.69, 9.17) is 46.4 Å². The van der Waals surface area contributed by atoms with E-state index in [1.165, 1.54) is 0 Å². The zero-order valence-electron chi connectivity index (χ0n) is 9.00. The summed E-state index contributed by atoms with van der Waals surface area (Å²) >= 11 is 23.9. The number of hydrogen-bond acceptors (Lipinski definition) is 1. The minimum Gasteiger partial charge on any atom is -0.384 e. The Hall–Kier alpha value is -0.440. The molecule has 2 aromatic carbocycles. The molecule has 0 aliphatic rings. The molecule has 1 N–H and O–H groups in total. The minimum atomic E-state index is -0.970. The van der Waals surface area contributed by atoms with Crippen LogP contribution < -0.4 is 0 Å². The van der Waals surface area contributed by atoms with Gasteiger partial charge in [0.1, 0.15) is 6.10 Å². The molecule has 0 atom stereocenters. The molecule has 0 heterocycles. The van der Waals surface area contributed by atoms with Crippen molar-refractivity contribution in [3.8, 4) is 0 Å². The molecule has 0 bridgehead atoms. The van der Waals surface area contributed by atoms with E-state index in [0.29, 0.717) is 31.2 Å². The van der Waals surface area contributed by atoms with Gasteiger partial charge in [-0.25, -0.2) is 0 Å². The average Bonchev–Trinajstić information content (AvgIpc) is 2.34. The Kier molecular flexibility index (Phi) is 4.41. The van der Waals surface area contributed by atoms with Crippen LogP contribution in [0.1, 0.15) is 17.2 Å². The van der Waals surface area contributed by atoms with Gasteiger partial charge in [-0.2, -0.15) is 0 Å². The largest absolute Gasteiger partial charge is 0.384 e. The van der Waals surface area contributed by atoms with Gasteiger partial charge >= 0.3 is 0 Å². The lowest BCUT2D eigenvalue weighted by Crippen LogP contribution is -2.01. The van der Waals surface area contributed by atoms with Crippen LogP contribution >= 0.6 is 46.4 Å². The van der Waals surface area contributed by atoms with Gasteiger partial charge in [0.2, 0.25) is 0 Å². The highest BCUT2D eigenvalue weighted by molar-refractivity contribution is 6.34. The maximum atomic E-state index is 10.3. The van der Waals surface area contributed by atoms with E-state index in [9.17, 15) is 5.11 Å². The summed E-state index contributed by atoms with van der Waals surface area (Å²) in [5.41, 5.74) is 0.988. The summed E-state index contributed by atoms with van der Waals surface area (Å²) in [6, 6.07) is 9.76. The van der Waals surface area contributed by atoms with Gasteiger partial charge in [0, 0.05) is 31.2 Å². The number of aliphatic hydroxyl groups excluding tert-OH is 1. The highest BCUT2D eigenvalue weighted by atomic mass is 35.5. The zero-order valence-corrected chi connectivity index (χ0v) is 12.0. The van der Waals surface area contributed by atoms with E-state index in [2.05, 4.69) is 0 Å². The molecule has 18 heavy (non-hydrogen) atoms. The summed E-state index contributed by atoms with van der Waals surface area (Å²) in [6.45, 7) is 0. The first kappa shape index (κ1) is 14.0. The molecule has 0 aliphatic heterocycles. The van der Waals surface area contributed by atoms with E-state index in [1.807, 2.05) is 0 Å². The molecule has 94 valence electrons. The van der Waals surface area contributed by atoms with Gasteiger partial charge in [-0.1, -0.05) is 46.4 Å². The molecule has 0 spiro atoms. The van der Waals surface area contributed by atoms with E-state index >= 15 is 0 Å². The molecule has 2 rings (SSSR count). The van der Waals surface area contributed by atoms with Crippen LogP contribution in [-0.2, 0) is 0 Å². The van der Waals surface area contributed by atoms with Gasteiger partial charge in [0.15, 0.2) is 0 Å². The van der Waals surface area contributed by atoms with E-state index < -0.39 is 6.10 Å². The summed E-state index contributed by atoms with van der Waals surface area (Å²) in [4.78, 5) is 0. The van der Waals surface area contributed by atoms with Crippen LogP contribution in [0.2, 0.25) is 20.1 Å². The van der Waals surface area contributed by atoms with Gasteiger partial charge in [0.05, 0.1) is 0 Å². The van der Waals surface area contributed by atoms with Crippen molar-refractivity contribution in [2.24, 2.45) is 0 Å². The third-order valence-electron chi connectivity index (χ3n) is 2.51. The number of benzene rings is 2. The van der Waals surface area contributed by atoms with Gasteiger partial charge in [0.25, 0.3) is 0 Å². The van der Waals surface area contributed by atoms with Crippen molar-refractivity contribution in [1.82, 2.24) is 0 Å². The second-order valence-corrected chi connectivity index (χ2v) is 5.42. The van der Waals surface area contributed by atoms with Crippen molar-refractivity contribution < 1.29 is 5.11 Å². The first-order valence-electron chi connectivity index (χ1n) is 5.07. The quantitative estimate of drug-likeness (QED) is 0.787. The SMILES string of the molecule is OC(c1cc(Cl)ccc1Cl)c1cc(Cl)ccc1Cl. The van der Waals surface area contributed by atoms with Crippen molar-refractivity contribution in [2.45, 2.75) is 6.10 Å². The fourth-order valence-electron chi connectivity index (χ4n) is 1.62. The maximum absolute atomic E-state index is 10.3. The van der Waals surface area contributed by atoms with Crippen LogP contribution in [0.15, 0.2) is 36.4 Å². The number of aliphatic hydroxyl groups is 1. The van der Waals surface area contributed by atoms with Crippen LogP contribution in [0.3, 0.4) is 0 Å². The fraction of sp³-hybridized carbons (Fsp3) is 0.0769. The van der Waals surface area contributed by atoms with Gasteiger partial charge < -0.3 is 5.11 Å². The smallest absolute Gasteiger partial charge is 0.107 e. The second-order valence-electron chi connectivity index (χ2n) is 3.73. The molecule has 0 aromatic heterocycles. The molecule has 5 heteroatoms. The van der Waals surface area contributed by atoms with E-state index in [1.54, 1.807) is 36.4 Å². The Morgan fingerprint density at radius 3 is 1.50 bits per heavy atom. The third kappa shape index (κ3) is 2.93. The van der Waals surface area contributed by atoms with Gasteiger partial charge in [-0.3, -0.25) is 0 Å². The Labute approximate surface area is 125 Å². The fourth-order valence-corrected chi connectivity index (χ4v) is 2.42. The maximum Gasteiger partial charge on any atom is 0.107 e. The molecule has 0 saturated carbocycles. The molecule has 0 aliphatic carbocycles. The lowest BCUT2D eigenvalue weighted by atomic mass is 10.0. The van der Waals surface area contributed by atoms with E-state index in [0.717, 1.165) is 0 Å². The summed E-state index contributed by atoms with van der Waals surface area (Å²) in [7, 11) is 0. The normalized spacial score (nSPS) is 11.0. The average molecular weight is 322 g/mol. The van der Waals surface area contributed by atoms with Gasteiger partial charge in [-0.05, 0) is 36.4 Å². The van der Waals surface area contributed by atoms with Crippen LogP contribution in [-0.4, -0.2) is 5.11 Å². The highest BCUT2D eigenvalue weighted by Gasteiger charge is 2.17. The molecule has 0 saturated heterocycles. The predicted octanol–water partition coefficient (Wildman–Crippen LogP) is 5.38. The molecular weight excluding hydrogens is 314 g/mol. The lowest BCUT2D eigenvalue weighted by molar-refractivity contribution is 0.220. The molecule has 0 amide bonds. The summed E-state index contributed by atoms with van der Waals surface area (Å²) in [6.07, 6.45) is -0.970. The Morgan fingerprint density at radius 1 is 0.722 bits per heavy atom. The third-order valence-corrected chi connectivity index (χ3v) is 3.66. The van der Waals surface area contributed by atoms with Crippen LogP contribution in [0.5, 0.6) is 0 Å². The summed E-state index contributed by atoms with van der Waals surface area (Å²) in [5.74, 6) is 0. The lowest BCUT2D eigenvalue weighted by Gasteiger charge is -2.15. The molecule has 0 radical (unpaired) electrons. The minimum absolute atomic E-state index is 0.419. The Bertz CT molecular complexity index is 532. The van der Waals surface area contributed by atoms with Crippen molar-refractivity contribution in [1.29, 1.82) is 0 Å². The van der Waals surface area contributed by atoms with Gasteiger partial charge in [-0.15, -0.1) is 0 Å². The van der Waals surface area contributed by atoms with Crippen molar-refractivity contribution >= 4 is 46.4 Å². The molecule has 1 nitrogen and oxygen atoms in total. The van der Waals surface area contributed by atoms with Crippen LogP contribution in [0.4, 0.5) is 0 Å². The first-order valence-corrected chi connectivity index (χ1v) is 6.58. The zero-order chi connectivity index (χ0) is 13.3. The monoisotopic (exact) mass is 320 g/mol. The second kappa shape index (κ2) is 5.68. The number of halogens is 4. The standard InChI is InChI=1S/C13H8Cl4O/c14-7-1-3-11(16)9(5-7)13(18)10-6-8(15)2-4-12(10)17/h1-6,13,18H. The number of rotatable bonds is 2. The molecule has 0 fully saturated rings. The van der Waals surface area contributed by atoms with Crippen molar-refractivity contribution in [3.63, 3.8) is 0 Å². The topological polar surface area (TPSA) is 20.2 Å². The summed E-state index contributed by atoms with van der Waals surface area (Å²) < 4.78 is 0. The van der Waals surface area contributed by atoms with Crippen LogP contribution in [0.25, 0.3) is 0 Å². The molecule has 0 unspecified atom stereocenters. The first-order chi connectivity index (χ1) is 8.49. The summed E-state index contributed by atoms with van der Waals surface area (Å²) in [5, 5.41) is 12.1.